The highest BCUT2D eigenvalue weighted by Gasteiger charge is 2.30. The van der Waals surface area contributed by atoms with Gasteiger partial charge >= 0.3 is 0 Å². The number of H-pyrrole nitrogens is 1. The lowest BCUT2D eigenvalue weighted by molar-refractivity contribution is 0.0948. The number of nitrogens with one attached hydrogen (secondary N) is 2. The Labute approximate surface area is 167 Å². The maximum absolute atomic E-state index is 12.9. The monoisotopic (exact) mass is 386 g/mol. The molecule has 1 amide bonds. The van der Waals surface area contributed by atoms with Crippen molar-refractivity contribution < 1.29 is 4.79 Å². The molecule has 0 saturated heterocycles. The number of rotatable bonds is 4. The molecule has 1 aromatic carbocycles. The summed E-state index contributed by atoms with van der Waals surface area (Å²) in [4.78, 5) is 32.9. The van der Waals surface area contributed by atoms with Gasteiger partial charge in [-0.3, -0.25) is 9.59 Å². The predicted molar refractivity (Wildman–Crippen MR) is 112 cm³/mol. The van der Waals surface area contributed by atoms with E-state index in [2.05, 4.69) is 21.4 Å². The molecule has 0 radical (unpaired) electrons. The average Bonchev–Trinajstić information content (AvgIpc) is 3.48. The highest BCUT2D eigenvalue weighted by Crippen LogP contribution is 2.39. The van der Waals surface area contributed by atoms with Gasteiger partial charge in [0.1, 0.15) is 5.82 Å². The molecular weight excluding hydrogens is 364 g/mol. The average molecular weight is 386 g/mol. The quantitative estimate of drug-likeness (QED) is 0.562. The molecule has 0 atom stereocenters. The van der Waals surface area contributed by atoms with E-state index in [1.807, 2.05) is 54.8 Å². The first-order chi connectivity index (χ1) is 14.0. The molecule has 0 bridgehead atoms. The van der Waals surface area contributed by atoms with Crippen LogP contribution in [0, 0.1) is 13.8 Å². The smallest absolute Gasteiger partial charge is 0.272 e. The number of benzene rings is 1. The minimum atomic E-state index is -0.264. The van der Waals surface area contributed by atoms with E-state index in [0.29, 0.717) is 17.2 Å². The lowest BCUT2D eigenvalue weighted by Gasteiger charge is -2.07. The number of aryl methyl sites for hydroxylation is 2. The van der Waals surface area contributed by atoms with Gasteiger partial charge in [-0.05, 0) is 73.5 Å². The van der Waals surface area contributed by atoms with Crippen LogP contribution in [-0.2, 0) is 6.54 Å². The van der Waals surface area contributed by atoms with Crippen LogP contribution in [-0.4, -0.2) is 20.3 Å². The molecule has 1 fully saturated rings. The van der Waals surface area contributed by atoms with Crippen molar-refractivity contribution in [2.24, 2.45) is 0 Å². The largest absolute Gasteiger partial charge is 0.346 e. The molecule has 1 saturated carbocycles. The third-order valence-corrected chi connectivity index (χ3v) is 5.71. The van der Waals surface area contributed by atoms with Gasteiger partial charge in [0.2, 0.25) is 0 Å². The van der Waals surface area contributed by atoms with Crippen LogP contribution >= 0.6 is 0 Å². The number of pyridine rings is 2. The molecule has 1 aliphatic rings. The number of hydrogen-bond acceptors (Lipinski definition) is 3. The van der Waals surface area contributed by atoms with Gasteiger partial charge in [-0.15, -0.1) is 0 Å². The normalized spacial score (nSPS) is 13.9. The molecule has 3 heterocycles. The molecule has 3 aromatic heterocycles. The Balaban J connectivity index is 1.44. The van der Waals surface area contributed by atoms with Gasteiger partial charge in [0.25, 0.3) is 11.5 Å². The van der Waals surface area contributed by atoms with Crippen molar-refractivity contribution in [3.05, 3.63) is 81.2 Å². The summed E-state index contributed by atoms with van der Waals surface area (Å²) in [5, 5.41) is 3.84. The van der Waals surface area contributed by atoms with Crippen LogP contribution in [0.25, 0.3) is 16.4 Å². The molecule has 1 aliphatic carbocycles. The number of amides is 1. The van der Waals surface area contributed by atoms with Gasteiger partial charge in [0, 0.05) is 29.7 Å². The van der Waals surface area contributed by atoms with Crippen LogP contribution in [0.4, 0.5) is 0 Å². The molecule has 6 heteroatoms. The highest BCUT2D eigenvalue weighted by molar-refractivity contribution is 5.99. The van der Waals surface area contributed by atoms with Crippen LogP contribution in [0.1, 0.15) is 51.8 Å². The molecule has 6 nitrogen and oxygen atoms in total. The standard InChI is InChI=1S/C23H22N4O2/c1-13-9-16-11-17(22(28)25-18(16)10-14(13)2)12-24-23(29)20-19-5-3-4-8-27(19)21(26-20)15-6-7-15/h3-5,8-11,15H,6-7,12H2,1-2H3,(H,24,29)(H,25,28). The SMILES string of the molecule is Cc1cc2cc(CNC(=O)c3nc(C4CC4)n4ccccc34)c(=O)[nH]c2cc1C. The maximum atomic E-state index is 12.9. The Morgan fingerprint density at radius 3 is 2.79 bits per heavy atom. The lowest BCUT2D eigenvalue weighted by Crippen LogP contribution is -2.27. The van der Waals surface area contributed by atoms with E-state index in [1.165, 1.54) is 0 Å². The van der Waals surface area contributed by atoms with E-state index in [1.54, 1.807) is 0 Å². The first kappa shape index (κ1) is 17.7. The number of imidazole rings is 1. The first-order valence-corrected chi connectivity index (χ1v) is 9.89. The van der Waals surface area contributed by atoms with Crippen LogP contribution in [0.2, 0.25) is 0 Å². The molecule has 0 unspecified atom stereocenters. The number of aromatic nitrogens is 3. The van der Waals surface area contributed by atoms with E-state index in [9.17, 15) is 9.59 Å². The first-order valence-electron chi connectivity index (χ1n) is 9.89. The van der Waals surface area contributed by atoms with Crippen LogP contribution in [0.5, 0.6) is 0 Å². The fourth-order valence-corrected chi connectivity index (χ4v) is 3.77. The Morgan fingerprint density at radius 2 is 2.00 bits per heavy atom. The lowest BCUT2D eigenvalue weighted by atomic mass is 10.0. The second kappa shape index (κ2) is 6.58. The van der Waals surface area contributed by atoms with Crippen molar-refractivity contribution in [2.45, 2.75) is 39.2 Å². The third kappa shape index (κ3) is 3.10. The summed E-state index contributed by atoms with van der Waals surface area (Å²) in [5.41, 5.74) is 4.65. The number of aromatic amines is 1. The van der Waals surface area contributed by atoms with E-state index < -0.39 is 0 Å². The molecule has 0 aliphatic heterocycles. The fraction of sp³-hybridized carbons (Fsp3) is 0.261. The predicted octanol–water partition coefficient (Wildman–Crippen LogP) is 3.60. The summed E-state index contributed by atoms with van der Waals surface area (Å²) in [6.07, 6.45) is 4.17. The van der Waals surface area contributed by atoms with Crippen LogP contribution < -0.4 is 10.9 Å². The van der Waals surface area contributed by atoms with Crippen molar-refractivity contribution in [2.75, 3.05) is 0 Å². The topological polar surface area (TPSA) is 79.3 Å². The van der Waals surface area contributed by atoms with E-state index in [4.69, 9.17) is 0 Å². The van der Waals surface area contributed by atoms with Gasteiger partial charge in [-0.1, -0.05) is 6.07 Å². The number of nitrogens with zero attached hydrogens (tertiary/aromatic N) is 2. The van der Waals surface area contributed by atoms with Crippen molar-refractivity contribution in [3.63, 3.8) is 0 Å². The van der Waals surface area contributed by atoms with E-state index >= 15 is 0 Å². The third-order valence-electron chi connectivity index (χ3n) is 5.71. The number of carbonyl (C=O) groups is 1. The molecule has 146 valence electrons. The Morgan fingerprint density at radius 1 is 1.21 bits per heavy atom. The van der Waals surface area contributed by atoms with Crippen LogP contribution in [0.3, 0.4) is 0 Å². The number of hydrogen-bond donors (Lipinski definition) is 2. The zero-order valence-electron chi connectivity index (χ0n) is 16.5. The number of carbonyl (C=O) groups excluding carboxylic acids is 1. The van der Waals surface area contributed by atoms with Gasteiger partial charge in [0.05, 0.1) is 5.52 Å². The molecular formula is C23H22N4O2. The van der Waals surface area contributed by atoms with Crippen molar-refractivity contribution in [1.29, 1.82) is 0 Å². The minimum absolute atomic E-state index is 0.154. The minimum Gasteiger partial charge on any atom is -0.346 e. The second-order valence-electron chi connectivity index (χ2n) is 7.88. The van der Waals surface area contributed by atoms with Gasteiger partial charge < -0.3 is 14.7 Å². The summed E-state index contributed by atoms with van der Waals surface area (Å²) in [6, 6.07) is 11.6. The molecule has 0 spiro atoms. The zero-order chi connectivity index (χ0) is 20.1. The van der Waals surface area contributed by atoms with Crippen molar-refractivity contribution in [1.82, 2.24) is 19.7 Å². The van der Waals surface area contributed by atoms with E-state index in [0.717, 1.165) is 46.2 Å². The molecule has 29 heavy (non-hydrogen) atoms. The molecule has 4 aromatic rings. The van der Waals surface area contributed by atoms with Crippen LogP contribution in [0.15, 0.2) is 47.4 Å². The fourth-order valence-electron chi connectivity index (χ4n) is 3.77. The molecule has 2 N–H and O–H groups in total. The van der Waals surface area contributed by atoms with E-state index in [-0.39, 0.29) is 18.0 Å². The van der Waals surface area contributed by atoms with Gasteiger partial charge in [-0.2, -0.15) is 0 Å². The summed E-state index contributed by atoms with van der Waals surface area (Å²) < 4.78 is 2.00. The van der Waals surface area contributed by atoms with Gasteiger partial charge in [-0.25, -0.2) is 4.98 Å². The zero-order valence-corrected chi connectivity index (χ0v) is 16.5. The summed E-state index contributed by atoms with van der Waals surface area (Å²) in [6.45, 7) is 4.22. The Bertz CT molecular complexity index is 1330. The Hall–Kier alpha value is -3.41. The maximum Gasteiger partial charge on any atom is 0.272 e. The summed E-state index contributed by atoms with van der Waals surface area (Å²) in [7, 11) is 0. The Kier molecular flexibility index (Phi) is 4.01. The summed E-state index contributed by atoms with van der Waals surface area (Å²) in [5.74, 6) is 1.11. The summed E-state index contributed by atoms with van der Waals surface area (Å²) >= 11 is 0. The van der Waals surface area contributed by atoms with Gasteiger partial charge in [0.15, 0.2) is 5.69 Å². The highest BCUT2D eigenvalue weighted by atomic mass is 16.2. The number of fused-ring (bicyclic) bond motifs is 2. The van der Waals surface area contributed by atoms with Crippen molar-refractivity contribution >= 4 is 22.3 Å². The molecule has 5 rings (SSSR count). The second-order valence-corrected chi connectivity index (χ2v) is 7.88. The van der Waals surface area contributed by atoms with Crippen molar-refractivity contribution in [3.8, 4) is 0 Å².